The van der Waals surface area contributed by atoms with Crippen molar-refractivity contribution in [2.24, 2.45) is 5.41 Å². The van der Waals surface area contributed by atoms with Crippen LogP contribution in [0.4, 0.5) is 0 Å². The van der Waals surface area contributed by atoms with Gasteiger partial charge in [0.25, 0.3) is 0 Å². The van der Waals surface area contributed by atoms with Gasteiger partial charge in [-0.15, -0.1) is 0 Å². The minimum atomic E-state index is 0.554. The van der Waals surface area contributed by atoms with Crippen molar-refractivity contribution in [1.82, 2.24) is 0 Å². The number of hydrogen-bond donors (Lipinski definition) is 0. The Kier molecular flexibility index (Phi) is 6.31. The van der Waals surface area contributed by atoms with E-state index in [0.717, 1.165) is 5.33 Å². The quantitative estimate of drug-likeness (QED) is 0.461. The molecule has 0 atom stereocenters. The van der Waals surface area contributed by atoms with Gasteiger partial charge in [-0.1, -0.05) is 56.0 Å². The Balaban J connectivity index is 3.38. The van der Waals surface area contributed by atoms with Gasteiger partial charge in [0.1, 0.15) is 0 Å². The topological polar surface area (TPSA) is 0 Å². The monoisotopic (exact) mass is 220 g/mol. The smallest absolute Gasteiger partial charge is 0.00363 e. The van der Waals surface area contributed by atoms with Gasteiger partial charge < -0.3 is 0 Å². The Morgan fingerprint density at radius 2 is 1.73 bits per heavy atom. The maximum Gasteiger partial charge on any atom is 0.00363 e. The predicted octanol–water partition coefficient (Wildman–Crippen LogP) is 4.38. The van der Waals surface area contributed by atoms with Crippen molar-refractivity contribution in [2.75, 3.05) is 5.33 Å². The first-order valence-electron chi connectivity index (χ1n) is 4.68. The van der Waals surface area contributed by atoms with Crippen molar-refractivity contribution >= 4 is 15.9 Å². The van der Waals surface area contributed by atoms with E-state index in [0.29, 0.717) is 5.41 Å². The molecule has 68 valence electrons. The third kappa shape index (κ3) is 6.86. The van der Waals surface area contributed by atoms with E-state index >= 15 is 0 Å². The van der Waals surface area contributed by atoms with Gasteiger partial charge in [-0.05, 0) is 18.3 Å². The number of halogens is 1. The number of alkyl halides is 1. The second kappa shape index (κ2) is 6.05. The van der Waals surface area contributed by atoms with Gasteiger partial charge in [-0.25, -0.2) is 0 Å². The van der Waals surface area contributed by atoms with Crippen LogP contribution in [-0.4, -0.2) is 5.33 Å². The molecule has 0 saturated heterocycles. The van der Waals surface area contributed by atoms with Crippen LogP contribution in [0.25, 0.3) is 0 Å². The van der Waals surface area contributed by atoms with E-state index in [9.17, 15) is 0 Å². The molecule has 11 heavy (non-hydrogen) atoms. The molecule has 0 amide bonds. The normalized spacial score (nSPS) is 12.0. The Bertz CT molecular complexity index is 86.9. The van der Waals surface area contributed by atoms with Crippen LogP contribution in [-0.2, 0) is 0 Å². The molecule has 0 aliphatic heterocycles. The zero-order valence-electron chi connectivity index (χ0n) is 8.12. The first-order valence-corrected chi connectivity index (χ1v) is 5.80. The minimum absolute atomic E-state index is 0.554. The molecule has 0 nitrogen and oxygen atoms in total. The SMILES string of the molecule is CCCCCC(C)(C)CCBr. The Labute approximate surface area is 79.9 Å². The predicted molar refractivity (Wildman–Crippen MR) is 56.3 cm³/mol. The molecule has 0 rings (SSSR count). The van der Waals surface area contributed by atoms with Crippen LogP contribution in [0.5, 0.6) is 0 Å². The molecular formula is C10H21Br. The Morgan fingerprint density at radius 3 is 2.18 bits per heavy atom. The van der Waals surface area contributed by atoms with Gasteiger partial charge in [0.2, 0.25) is 0 Å². The van der Waals surface area contributed by atoms with Crippen LogP contribution in [0.1, 0.15) is 52.9 Å². The maximum absolute atomic E-state index is 3.49. The molecule has 0 aromatic heterocycles. The highest BCUT2D eigenvalue weighted by atomic mass is 79.9. The summed E-state index contributed by atoms with van der Waals surface area (Å²) < 4.78 is 0. The van der Waals surface area contributed by atoms with Gasteiger partial charge in [-0.3, -0.25) is 0 Å². The molecular weight excluding hydrogens is 200 g/mol. The van der Waals surface area contributed by atoms with Crippen LogP contribution in [0.3, 0.4) is 0 Å². The molecule has 0 aromatic carbocycles. The average Bonchev–Trinajstić information content (AvgIpc) is 1.87. The molecule has 0 saturated carbocycles. The van der Waals surface area contributed by atoms with E-state index in [-0.39, 0.29) is 0 Å². The summed E-state index contributed by atoms with van der Waals surface area (Å²) in [5, 5.41) is 1.14. The van der Waals surface area contributed by atoms with Crippen molar-refractivity contribution in [2.45, 2.75) is 52.9 Å². The molecule has 0 heterocycles. The van der Waals surface area contributed by atoms with Crippen molar-refractivity contribution in [3.05, 3.63) is 0 Å². The number of rotatable bonds is 6. The first kappa shape index (κ1) is 11.5. The van der Waals surface area contributed by atoms with Crippen molar-refractivity contribution in [3.63, 3.8) is 0 Å². The van der Waals surface area contributed by atoms with Gasteiger partial charge in [0.15, 0.2) is 0 Å². The lowest BCUT2D eigenvalue weighted by atomic mass is 9.84. The summed E-state index contributed by atoms with van der Waals surface area (Å²) in [7, 11) is 0. The van der Waals surface area contributed by atoms with E-state index in [1.165, 1.54) is 32.1 Å². The summed E-state index contributed by atoms with van der Waals surface area (Å²) in [6, 6.07) is 0. The summed E-state index contributed by atoms with van der Waals surface area (Å²) in [5.41, 5.74) is 0.554. The highest BCUT2D eigenvalue weighted by Crippen LogP contribution is 2.28. The number of unbranched alkanes of at least 4 members (excludes halogenated alkanes) is 2. The van der Waals surface area contributed by atoms with E-state index in [2.05, 4.69) is 36.7 Å². The number of hydrogen-bond acceptors (Lipinski definition) is 0. The molecule has 0 aliphatic carbocycles. The summed E-state index contributed by atoms with van der Waals surface area (Å²) in [5.74, 6) is 0. The third-order valence-electron chi connectivity index (χ3n) is 2.23. The lowest BCUT2D eigenvalue weighted by molar-refractivity contribution is 0.312. The summed E-state index contributed by atoms with van der Waals surface area (Å²) >= 11 is 3.49. The van der Waals surface area contributed by atoms with E-state index in [1.54, 1.807) is 0 Å². The minimum Gasteiger partial charge on any atom is -0.0928 e. The molecule has 0 aromatic rings. The van der Waals surface area contributed by atoms with Crippen LogP contribution in [0.15, 0.2) is 0 Å². The zero-order chi connectivity index (χ0) is 8.74. The van der Waals surface area contributed by atoms with Gasteiger partial charge >= 0.3 is 0 Å². The van der Waals surface area contributed by atoms with E-state index in [4.69, 9.17) is 0 Å². The molecule has 0 unspecified atom stereocenters. The lowest BCUT2D eigenvalue weighted by Crippen LogP contribution is -2.11. The molecule has 0 spiro atoms. The standard InChI is InChI=1S/C10H21Br/c1-4-5-6-7-10(2,3)8-9-11/h4-9H2,1-3H3. The fraction of sp³-hybridized carbons (Fsp3) is 1.00. The molecule has 0 N–H and O–H groups in total. The third-order valence-corrected chi connectivity index (χ3v) is 2.62. The molecule has 0 fully saturated rings. The highest BCUT2D eigenvalue weighted by molar-refractivity contribution is 9.09. The van der Waals surface area contributed by atoms with Crippen molar-refractivity contribution in [1.29, 1.82) is 0 Å². The van der Waals surface area contributed by atoms with Crippen LogP contribution in [0, 0.1) is 5.41 Å². The van der Waals surface area contributed by atoms with Gasteiger partial charge in [-0.2, -0.15) is 0 Å². The largest absolute Gasteiger partial charge is 0.0928 e. The van der Waals surface area contributed by atoms with E-state index < -0.39 is 0 Å². The second-order valence-electron chi connectivity index (χ2n) is 4.06. The first-order chi connectivity index (χ1) is 5.12. The van der Waals surface area contributed by atoms with Crippen molar-refractivity contribution in [3.8, 4) is 0 Å². The lowest BCUT2D eigenvalue weighted by Gasteiger charge is -2.23. The molecule has 1 heteroatoms. The summed E-state index contributed by atoms with van der Waals surface area (Å²) in [4.78, 5) is 0. The zero-order valence-corrected chi connectivity index (χ0v) is 9.71. The van der Waals surface area contributed by atoms with Crippen LogP contribution in [0.2, 0.25) is 0 Å². The summed E-state index contributed by atoms with van der Waals surface area (Å²) in [6.45, 7) is 6.99. The van der Waals surface area contributed by atoms with Gasteiger partial charge in [0, 0.05) is 5.33 Å². The van der Waals surface area contributed by atoms with Gasteiger partial charge in [0.05, 0.1) is 0 Å². The molecule has 0 radical (unpaired) electrons. The van der Waals surface area contributed by atoms with Crippen LogP contribution >= 0.6 is 15.9 Å². The highest BCUT2D eigenvalue weighted by Gasteiger charge is 2.15. The fourth-order valence-corrected chi connectivity index (χ4v) is 2.31. The second-order valence-corrected chi connectivity index (χ2v) is 4.85. The Morgan fingerprint density at radius 1 is 1.09 bits per heavy atom. The Hall–Kier alpha value is 0.480. The van der Waals surface area contributed by atoms with E-state index in [1.807, 2.05) is 0 Å². The fourth-order valence-electron chi connectivity index (χ4n) is 1.23. The maximum atomic E-state index is 3.49. The molecule has 0 aliphatic rings. The summed E-state index contributed by atoms with van der Waals surface area (Å²) in [6.07, 6.45) is 6.82. The average molecular weight is 221 g/mol. The molecule has 0 bridgehead atoms. The van der Waals surface area contributed by atoms with Crippen LogP contribution < -0.4 is 0 Å². The van der Waals surface area contributed by atoms with Crippen molar-refractivity contribution < 1.29 is 0 Å².